The van der Waals surface area contributed by atoms with Crippen molar-refractivity contribution in [1.29, 1.82) is 0 Å². The van der Waals surface area contributed by atoms with Crippen LogP contribution in [-0.2, 0) is 14.3 Å². The lowest BCUT2D eigenvalue weighted by atomic mass is 10.2. The number of hydrogen-bond acceptors (Lipinski definition) is 4. The second kappa shape index (κ2) is 9.74. The van der Waals surface area contributed by atoms with Crippen LogP contribution in [0, 0.1) is 5.92 Å². The zero-order valence-electron chi connectivity index (χ0n) is 14.3. The SMILES string of the molecule is COC(=O)CCN(CC(C)C)C(=O)C(C)Oc1cccc(Cl)c1Cl. The maximum Gasteiger partial charge on any atom is 0.307 e. The highest BCUT2D eigenvalue weighted by molar-refractivity contribution is 6.42. The Bertz CT molecular complexity index is 578. The number of halogens is 2. The van der Waals surface area contributed by atoms with Crippen LogP contribution in [0.5, 0.6) is 5.75 Å². The van der Waals surface area contributed by atoms with Crippen LogP contribution in [0.1, 0.15) is 27.2 Å². The van der Waals surface area contributed by atoms with Gasteiger partial charge in [0.2, 0.25) is 0 Å². The molecular weight excluding hydrogens is 353 g/mol. The Morgan fingerprint density at radius 2 is 1.88 bits per heavy atom. The third kappa shape index (κ3) is 6.21. The zero-order valence-corrected chi connectivity index (χ0v) is 15.9. The molecular formula is C17H23Cl2NO4. The van der Waals surface area contributed by atoms with Crippen LogP contribution in [0.15, 0.2) is 18.2 Å². The first-order valence-electron chi connectivity index (χ1n) is 7.72. The van der Waals surface area contributed by atoms with E-state index < -0.39 is 6.10 Å². The van der Waals surface area contributed by atoms with Gasteiger partial charge in [-0.15, -0.1) is 0 Å². The third-order valence-corrected chi connectivity index (χ3v) is 4.08. The molecule has 0 aromatic heterocycles. The summed E-state index contributed by atoms with van der Waals surface area (Å²) in [4.78, 5) is 25.6. The Hall–Kier alpha value is -1.46. The van der Waals surface area contributed by atoms with E-state index >= 15 is 0 Å². The predicted molar refractivity (Wildman–Crippen MR) is 94.6 cm³/mol. The van der Waals surface area contributed by atoms with Gasteiger partial charge < -0.3 is 14.4 Å². The largest absolute Gasteiger partial charge is 0.479 e. The fraction of sp³-hybridized carbons (Fsp3) is 0.529. The third-order valence-electron chi connectivity index (χ3n) is 3.28. The summed E-state index contributed by atoms with van der Waals surface area (Å²) < 4.78 is 10.3. The number of rotatable bonds is 8. The minimum Gasteiger partial charge on any atom is -0.479 e. The Morgan fingerprint density at radius 1 is 1.21 bits per heavy atom. The number of nitrogens with zero attached hydrogens (tertiary/aromatic N) is 1. The summed E-state index contributed by atoms with van der Waals surface area (Å²) in [6.07, 6.45) is -0.614. The van der Waals surface area contributed by atoms with Gasteiger partial charge in [-0.05, 0) is 25.0 Å². The number of carbonyl (C=O) groups excluding carboxylic acids is 2. The van der Waals surface area contributed by atoms with Gasteiger partial charge in [-0.2, -0.15) is 0 Å². The van der Waals surface area contributed by atoms with E-state index in [1.807, 2.05) is 13.8 Å². The van der Waals surface area contributed by atoms with Crippen LogP contribution in [0.25, 0.3) is 0 Å². The molecule has 134 valence electrons. The number of benzene rings is 1. The lowest BCUT2D eigenvalue weighted by molar-refractivity contribution is -0.143. The number of carbonyl (C=O) groups is 2. The molecule has 24 heavy (non-hydrogen) atoms. The average Bonchev–Trinajstić information content (AvgIpc) is 2.54. The molecule has 0 saturated heterocycles. The standard InChI is InChI=1S/C17H23Cl2NO4/c1-11(2)10-20(9-8-15(21)23-4)17(22)12(3)24-14-7-5-6-13(18)16(14)19/h5-7,11-12H,8-10H2,1-4H3. The first kappa shape index (κ1) is 20.6. The Morgan fingerprint density at radius 3 is 2.46 bits per heavy atom. The molecule has 0 spiro atoms. The van der Waals surface area contributed by atoms with Gasteiger partial charge in [-0.3, -0.25) is 9.59 Å². The van der Waals surface area contributed by atoms with Crippen molar-refractivity contribution in [3.8, 4) is 5.75 Å². The van der Waals surface area contributed by atoms with Gasteiger partial charge in [0.05, 0.1) is 18.6 Å². The molecule has 0 aliphatic heterocycles. The molecule has 1 aromatic carbocycles. The van der Waals surface area contributed by atoms with Gasteiger partial charge in [-0.1, -0.05) is 43.1 Å². The summed E-state index contributed by atoms with van der Waals surface area (Å²) in [7, 11) is 1.32. The topological polar surface area (TPSA) is 55.8 Å². The quantitative estimate of drug-likeness (QED) is 0.648. The summed E-state index contributed by atoms with van der Waals surface area (Å²) in [6.45, 7) is 6.44. The molecule has 1 unspecified atom stereocenters. The minimum absolute atomic E-state index is 0.138. The molecule has 0 aliphatic rings. The smallest absolute Gasteiger partial charge is 0.307 e. The number of esters is 1. The van der Waals surface area contributed by atoms with Crippen molar-refractivity contribution in [2.45, 2.75) is 33.3 Å². The molecule has 0 radical (unpaired) electrons. The first-order chi connectivity index (χ1) is 11.3. The summed E-state index contributed by atoms with van der Waals surface area (Å²) in [5.74, 6) is 0.0303. The molecule has 0 saturated carbocycles. The average molecular weight is 376 g/mol. The fourth-order valence-electron chi connectivity index (χ4n) is 2.13. The van der Waals surface area contributed by atoms with E-state index in [1.54, 1.807) is 30.0 Å². The maximum absolute atomic E-state index is 12.7. The van der Waals surface area contributed by atoms with E-state index in [9.17, 15) is 9.59 Å². The molecule has 7 heteroatoms. The van der Waals surface area contributed by atoms with Crippen LogP contribution >= 0.6 is 23.2 Å². The van der Waals surface area contributed by atoms with Crippen molar-refractivity contribution in [1.82, 2.24) is 4.90 Å². The van der Waals surface area contributed by atoms with E-state index in [2.05, 4.69) is 4.74 Å². The number of ether oxygens (including phenoxy) is 2. The molecule has 1 aromatic rings. The van der Waals surface area contributed by atoms with Gasteiger partial charge in [0, 0.05) is 13.1 Å². The monoisotopic (exact) mass is 375 g/mol. The molecule has 0 aliphatic carbocycles. The van der Waals surface area contributed by atoms with Crippen LogP contribution in [0.4, 0.5) is 0 Å². The maximum atomic E-state index is 12.7. The number of hydrogen-bond donors (Lipinski definition) is 0. The summed E-state index contributed by atoms with van der Waals surface area (Å²) >= 11 is 12.0. The minimum atomic E-state index is -0.752. The van der Waals surface area contributed by atoms with Gasteiger partial charge >= 0.3 is 5.97 Å². The van der Waals surface area contributed by atoms with E-state index in [1.165, 1.54) is 7.11 Å². The van der Waals surface area contributed by atoms with E-state index in [0.717, 1.165) is 0 Å². The molecule has 0 N–H and O–H groups in total. The normalized spacial score (nSPS) is 12.0. The number of methoxy groups -OCH3 is 1. The Labute approximate surface area is 152 Å². The van der Waals surface area contributed by atoms with Crippen LogP contribution in [0.2, 0.25) is 10.0 Å². The highest BCUT2D eigenvalue weighted by Crippen LogP contribution is 2.32. The number of amides is 1. The second-order valence-corrected chi connectivity index (χ2v) is 6.60. The first-order valence-corrected chi connectivity index (χ1v) is 8.48. The van der Waals surface area contributed by atoms with Crippen molar-refractivity contribution in [3.63, 3.8) is 0 Å². The van der Waals surface area contributed by atoms with Gasteiger partial charge in [0.25, 0.3) is 5.91 Å². The molecule has 0 bridgehead atoms. The lowest BCUT2D eigenvalue weighted by Crippen LogP contribution is -2.43. The van der Waals surface area contributed by atoms with Gasteiger partial charge in [-0.25, -0.2) is 0 Å². The van der Waals surface area contributed by atoms with Crippen LogP contribution in [0.3, 0.4) is 0 Å². The second-order valence-electron chi connectivity index (χ2n) is 5.82. The van der Waals surface area contributed by atoms with E-state index in [4.69, 9.17) is 27.9 Å². The molecule has 0 heterocycles. The van der Waals surface area contributed by atoms with E-state index in [-0.39, 0.29) is 35.8 Å². The van der Waals surface area contributed by atoms with Crippen molar-refractivity contribution >= 4 is 35.1 Å². The van der Waals surface area contributed by atoms with Crippen molar-refractivity contribution in [3.05, 3.63) is 28.2 Å². The Balaban J connectivity index is 2.80. The van der Waals surface area contributed by atoms with Crippen LogP contribution in [-0.4, -0.2) is 43.1 Å². The van der Waals surface area contributed by atoms with Crippen molar-refractivity contribution in [2.24, 2.45) is 5.92 Å². The summed E-state index contributed by atoms with van der Waals surface area (Å²) in [6, 6.07) is 4.99. The predicted octanol–water partition coefficient (Wildman–Crippen LogP) is 3.81. The zero-order chi connectivity index (χ0) is 18.3. The van der Waals surface area contributed by atoms with Crippen molar-refractivity contribution < 1.29 is 19.1 Å². The highest BCUT2D eigenvalue weighted by Gasteiger charge is 2.24. The fourth-order valence-corrected chi connectivity index (χ4v) is 2.47. The summed E-state index contributed by atoms with van der Waals surface area (Å²) in [5.41, 5.74) is 0. The molecule has 1 rings (SSSR count). The van der Waals surface area contributed by atoms with Gasteiger partial charge in [0.15, 0.2) is 6.10 Å². The summed E-state index contributed by atoms with van der Waals surface area (Å²) in [5, 5.41) is 0.627. The van der Waals surface area contributed by atoms with Gasteiger partial charge in [0.1, 0.15) is 10.8 Å². The molecule has 0 fully saturated rings. The highest BCUT2D eigenvalue weighted by atomic mass is 35.5. The van der Waals surface area contributed by atoms with E-state index in [0.29, 0.717) is 17.3 Å². The molecule has 5 nitrogen and oxygen atoms in total. The Kier molecular flexibility index (Phi) is 8.36. The molecule has 1 atom stereocenters. The van der Waals surface area contributed by atoms with Crippen molar-refractivity contribution in [2.75, 3.05) is 20.2 Å². The molecule has 1 amide bonds. The lowest BCUT2D eigenvalue weighted by Gasteiger charge is -2.27. The van der Waals surface area contributed by atoms with Crippen LogP contribution < -0.4 is 4.74 Å².